The Morgan fingerprint density at radius 2 is 0.966 bits per heavy atom. The molecule has 0 saturated carbocycles. The second-order valence-corrected chi connectivity index (χ2v) is 17.8. The van der Waals surface area contributed by atoms with Crippen LogP contribution >= 0.6 is 0 Å². The lowest BCUT2D eigenvalue weighted by Crippen LogP contribution is -2.38. The second-order valence-electron chi connectivity index (χ2n) is 17.8. The zero-order valence-corrected chi connectivity index (χ0v) is 38.5. The summed E-state index contributed by atoms with van der Waals surface area (Å²) in [6.07, 6.45) is 36.2. The van der Waals surface area contributed by atoms with E-state index in [-0.39, 0.29) is 18.1 Å². The molecule has 1 aliphatic heterocycles. The average molecular weight is 804 g/mol. The van der Waals surface area contributed by atoms with Crippen molar-refractivity contribution in [1.29, 1.82) is 0 Å². The van der Waals surface area contributed by atoms with Gasteiger partial charge in [0.15, 0.2) is 0 Å². The number of anilines is 1. The fourth-order valence-corrected chi connectivity index (χ4v) is 9.46. The number of phenols is 2. The van der Waals surface area contributed by atoms with Gasteiger partial charge in [-0.3, -0.25) is 0 Å². The van der Waals surface area contributed by atoms with Crippen LogP contribution in [0.4, 0.5) is 5.69 Å². The van der Waals surface area contributed by atoms with Gasteiger partial charge in [0.1, 0.15) is 23.6 Å². The van der Waals surface area contributed by atoms with Gasteiger partial charge in [0.2, 0.25) is 0 Å². The number of ether oxygens (including phenoxy) is 1. The number of benzene rings is 2. The molecule has 330 valence electrons. The maximum absolute atomic E-state index is 14.6. The number of unbranched alkanes of at least 4 members (excludes halogenated alkanes) is 20. The fourth-order valence-electron chi connectivity index (χ4n) is 9.46. The van der Waals surface area contributed by atoms with Crippen molar-refractivity contribution in [1.82, 2.24) is 0 Å². The Hall–Kier alpha value is -2.69. The van der Waals surface area contributed by atoms with Crippen LogP contribution in [0, 0.1) is 0 Å². The van der Waals surface area contributed by atoms with Crippen LogP contribution < -0.4 is 4.90 Å². The second kappa shape index (κ2) is 30.4. The van der Waals surface area contributed by atoms with E-state index in [2.05, 4.69) is 51.7 Å². The van der Waals surface area contributed by atoms with Gasteiger partial charge in [-0.25, -0.2) is 4.79 Å². The van der Waals surface area contributed by atoms with Crippen LogP contribution in [0.1, 0.15) is 248 Å². The molecule has 1 fully saturated rings. The molecule has 58 heavy (non-hydrogen) atoms. The van der Waals surface area contributed by atoms with Crippen molar-refractivity contribution in [2.24, 2.45) is 0 Å². The van der Waals surface area contributed by atoms with Gasteiger partial charge in [0.05, 0.1) is 0 Å². The Morgan fingerprint density at radius 3 is 1.45 bits per heavy atom. The molecule has 2 aromatic rings. The Bertz CT molecular complexity index is 1390. The smallest absolute Gasteiger partial charge is 0.329 e. The first kappa shape index (κ1) is 49.7. The van der Waals surface area contributed by atoms with Crippen LogP contribution in [0.2, 0.25) is 0 Å². The van der Waals surface area contributed by atoms with Gasteiger partial charge in [0, 0.05) is 12.2 Å². The molecule has 0 radical (unpaired) electrons. The van der Waals surface area contributed by atoms with Gasteiger partial charge >= 0.3 is 5.97 Å². The molecular weight excluding hydrogens is 715 g/mol. The molecule has 2 N–H and O–H groups in total. The van der Waals surface area contributed by atoms with E-state index in [4.69, 9.17) is 4.74 Å². The standard InChI is InChI=1S/C53H89NO4/c1-6-11-15-19-23-27-33-43-45(35-29-25-21-17-13-8-3)50(55)40-38-47(43)52(32-10-5)58-53(57)49-37-31-42-54(49)48-39-41-51(56)46(36-30-26-22-18-14-9-4)44(48)34-28-24-20-16-12-7-2/h38-41,49,52,55-56H,6-37,42H2,1-5H3. The van der Waals surface area contributed by atoms with Crippen molar-refractivity contribution in [2.45, 2.75) is 252 Å². The van der Waals surface area contributed by atoms with Crippen molar-refractivity contribution in [3.05, 3.63) is 52.1 Å². The lowest BCUT2D eigenvalue weighted by molar-refractivity contribution is -0.151. The molecule has 2 atom stereocenters. The highest BCUT2D eigenvalue weighted by Gasteiger charge is 2.36. The zero-order valence-electron chi connectivity index (χ0n) is 38.5. The highest BCUT2D eigenvalue weighted by Crippen LogP contribution is 2.39. The number of carbonyl (C=O) groups excluding carboxylic acids is 1. The molecule has 1 aliphatic rings. The van der Waals surface area contributed by atoms with Gasteiger partial charge in [-0.05, 0) is 117 Å². The maximum atomic E-state index is 14.6. The summed E-state index contributed by atoms with van der Waals surface area (Å²) in [4.78, 5) is 16.9. The first-order valence-corrected chi connectivity index (χ1v) is 25.1. The van der Waals surface area contributed by atoms with Gasteiger partial charge in [0.25, 0.3) is 0 Å². The van der Waals surface area contributed by atoms with Crippen molar-refractivity contribution < 1.29 is 19.7 Å². The van der Waals surface area contributed by atoms with Gasteiger partial charge in [-0.2, -0.15) is 0 Å². The van der Waals surface area contributed by atoms with Gasteiger partial charge in [-0.1, -0.05) is 176 Å². The van der Waals surface area contributed by atoms with E-state index in [1.54, 1.807) is 0 Å². The number of carbonyl (C=O) groups is 1. The van der Waals surface area contributed by atoms with E-state index in [9.17, 15) is 15.0 Å². The van der Waals surface area contributed by atoms with Crippen LogP contribution in [0.15, 0.2) is 24.3 Å². The third kappa shape index (κ3) is 17.1. The third-order valence-electron chi connectivity index (χ3n) is 12.9. The van der Waals surface area contributed by atoms with Crippen LogP contribution in [0.25, 0.3) is 0 Å². The third-order valence-corrected chi connectivity index (χ3v) is 12.9. The Labute approximate surface area is 357 Å². The predicted molar refractivity (Wildman–Crippen MR) is 249 cm³/mol. The predicted octanol–water partition coefficient (Wildman–Crippen LogP) is 15.8. The Kier molecular flexibility index (Phi) is 26.0. The van der Waals surface area contributed by atoms with Crippen LogP contribution in [-0.4, -0.2) is 28.8 Å². The summed E-state index contributed by atoms with van der Waals surface area (Å²) in [6, 6.07) is 7.59. The fraction of sp³-hybridized carbons (Fsp3) is 0.755. The summed E-state index contributed by atoms with van der Waals surface area (Å²) >= 11 is 0. The molecule has 3 rings (SSSR count). The number of rotatable bonds is 34. The number of nitrogens with zero attached hydrogens (tertiary/aromatic N) is 1. The number of hydrogen-bond acceptors (Lipinski definition) is 5. The molecule has 0 spiro atoms. The minimum Gasteiger partial charge on any atom is -0.508 e. The monoisotopic (exact) mass is 804 g/mol. The molecule has 0 aromatic heterocycles. The van der Waals surface area contributed by atoms with Crippen molar-refractivity contribution in [2.75, 3.05) is 11.4 Å². The first-order valence-electron chi connectivity index (χ1n) is 25.1. The lowest BCUT2D eigenvalue weighted by atomic mass is 9.88. The lowest BCUT2D eigenvalue weighted by Gasteiger charge is -2.31. The van der Waals surface area contributed by atoms with E-state index < -0.39 is 0 Å². The molecule has 5 nitrogen and oxygen atoms in total. The molecule has 2 aromatic carbocycles. The van der Waals surface area contributed by atoms with Crippen LogP contribution in [-0.2, 0) is 35.2 Å². The van der Waals surface area contributed by atoms with Gasteiger partial charge < -0.3 is 19.8 Å². The largest absolute Gasteiger partial charge is 0.508 e. The van der Waals surface area contributed by atoms with Gasteiger partial charge in [-0.15, -0.1) is 0 Å². The molecule has 0 amide bonds. The highest BCUT2D eigenvalue weighted by atomic mass is 16.5. The number of hydrogen-bond donors (Lipinski definition) is 2. The number of phenolic OH excluding ortho intramolecular Hbond substituents is 2. The van der Waals surface area contributed by atoms with Crippen LogP contribution in [0.5, 0.6) is 11.5 Å². The minimum absolute atomic E-state index is 0.122. The first-order chi connectivity index (χ1) is 28.4. The normalized spacial score (nSPS) is 14.7. The molecule has 0 bridgehead atoms. The number of aromatic hydroxyl groups is 2. The molecular formula is C53H89NO4. The molecule has 1 saturated heterocycles. The van der Waals surface area contributed by atoms with E-state index in [1.165, 1.54) is 140 Å². The summed E-state index contributed by atoms with van der Waals surface area (Å²) < 4.78 is 6.71. The van der Waals surface area contributed by atoms with E-state index in [0.29, 0.717) is 11.5 Å². The Balaban J connectivity index is 1.89. The van der Waals surface area contributed by atoms with Crippen molar-refractivity contribution in [3.8, 4) is 11.5 Å². The SMILES string of the molecule is CCCCCCCCc1c(O)ccc(C(CCC)OC(=O)C2CCCN2c2ccc(O)c(CCCCCCCC)c2CCCCCCCC)c1CCCCCCCC. The Morgan fingerprint density at radius 1 is 0.552 bits per heavy atom. The van der Waals surface area contributed by atoms with E-state index >= 15 is 0 Å². The summed E-state index contributed by atoms with van der Waals surface area (Å²) in [6.45, 7) is 12.1. The summed E-state index contributed by atoms with van der Waals surface area (Å²) in [5, 5.41) is 22.6. The highest BCUT2D eigenvalue weighted by molar-refractivity contribution is 5.82. The van der Waals surface area contributed by atoms with E-state index in [0.717, 1.165) is 106 Å². The summed E-state index contributed by atoms with van der Waals surface area (Å²) in [5.41, 5.74) is 6.93. The topological polar surface area (TPSA) is 70.0 Å². The van der Waals surface area contributed by atoms with Crippen LogP contribution in [0.3, 0.4) is 0 Å². The summed E-state index contributed by atoms with van der Waals surface area (Å²) in [5.74, 6) is 0.702. The average Bonchev–Trinajstić information content (AvgIpc) is 3.71. The van der Waals surface area contributed by atoms with Crippen molar-refractivity contribution in [3.63, 3.8) is 0 Å². The molecule has 2 unspecified atom stereocenters. The molecule has 5 heteroatoms. The minimum atomic E-state index is -0.337. The molecule has 0 aliphatic carbocycles. The maximum Gasteiger partial charge on any atom is 0.329 e. The quantitative estimate of drug-likeness (QED) is 0.0545. The molecule has 1 heterocycles. The van der Waals surface area contributed by atoms with E-state index in [1.807, 2.05) is 12.1 Å². The number of esters is 1. The van der Waals surface area contributed by atoms with Crippen molar-refractivity contribution >= 4 is 11.7 Å². The zero-order chi connectivity index (χ0) is 41.8. The summed E-state index contributed by atoms with van der Waals surface area (Å²) in [7, 11) is 0.